The van der Waals surface area contributed by atoms with Gasteiger partial charge in [0.25, 0.3) is 0 Å². The summed E-state index contributed by atoms with van der Waals surface area (Å²) in [6, 6.07) is 5.70. The third-order valence-corrected chi connectivity index (χ3v) is 3.96. The third kappa shape index (κ3) is 2.56. The van der Waals surface area contributed by atoms with Crippen molar-refractivity contribution in [1.82, 2.24) is 0 Å². The molecule has 1 aromatic carbocycles. The molecule has 1 heterocycles. The van der Waals surface area contributed by atoms with Gasteiger partial charge in [-0.3, -0.25) is 4.90 Å². The van der Waals surface area contributed by atoms with E-state index in [0.717, 1.165) is 22.5 Å². The van der Waals surface area contributed by atoms with Gasteiger partial charge in [0.2, 0.25) is 0 Å². The van der Waals surface area contributed by atoms with Gasteiger partial charge in [-0.25, -0.2) is 0 Å². The number of rotatable bonds is 3. The summed E-state index contributed by atoms with van der Waals surface area (Å²) >= 11 is 6.77. The van der Waals surface area contributed by atoms with Gasteiger partial charge in [0.05, 0.1) is 17.1 Å². The molecule has 0 aliphatic heterocycles. The molecular formula is C13H16N4S2. The second-order valence-electron chi connectivity index (χ2n) is 4.17. The molecule has 2 rings (SSSR count). The van der Waals surface area contributed by atoms with Crippen LogP contribution in [0.25, 0.3) is 0 Å². The Morgan fingerprint density at radius 3 is 2.58 bits per heavy atom. The first-order chi connectivity index (χ1) is 9.06. The Morgan fingerprint density at radius 2 is 2.05 bits per heavy atom. The lowest BCUT2D eigenvalue weighted by atomic mass is 10.1. The van der Waals surface area contributed by atoms with Crippen LogP contribution in [0.5, 0.6) is 0 Å². The minimum atomic E-state index is 0.266. The van der Waals surface area contributed by atoms with Crippen molar-refractivity contribution in [1.29, 1.82) is 0 Å². The number of nitrogen functional groups attached to an aromatic ring is 1. The molecular weight excluding hydrogens is 276 g/mol. The van der Waals surface area contributed by atoms with E-state index in [0.29, 0.717) is 12.2 Å². The maximum absolute atomic E-state index is 6.16. The van der Waals surface area contributed by atoms with E-state index in [1.807, 2.05) is 35.9 Å². The molecule has 0 bridgehead atoms. The minimum Gasteiger partial charge on any atom is -0.397 e. The van der Waals surface area contributed by atoms with Crippen LogP contribution in [0.15, 0.2) is 29.0 Å². The van der Waals surface area contributed by atoms with Crippen LogP contribution in [-0.4, -0.2) is 5.11 Å². The number of thiophene rings is 1. The predicted molar refractivity (Wildman–Crippen MR) is 86.7 cm³/mol. The molecule has 1 aromatic heterocycles. The molecule has 0 spiro atoms. The van der Waals surface area contributed by atoms with Crippen molar-refractivity contribution in [2.24, 2.45) is 11.5 Å². The lowest BCUT2D eigenvalue weighted by Crippen LogP contribution is -2.32. The molecule has 100 valence electrons. The standard InChI is InChI=1S/C13H16N4S2/c1-8-6-19-7-11(8)17(13(16)18)10-4-2-3-9(5-14)12(10)15/h2-4,6-7H,5,14-15H2,1H3,(H2,16,18). The van der Waals surface area contributed by atoms with Crippen LogP contribution in [-0.2, 0) is 6.54 Å². The fraction of sp³-hybridized carbons (Fsp3) is 0.154. The molecule has 0 saturated heterocycles. The summed E-state index contributed by atoms with van der Waals surface area (Å²) in [5, 5.41) is 4.31. The molecule has 0 unspecified atom stereocenters. The van der Waals surface area contributed by atoms with Crippen LogP contribution in [0.4, 0.5) is 17.1 Å². The highest BCUT2D eigenvalue weighted by Gasteiger charge is 2.18. The number of nitrogens with zero attached hydrogens (tertiary/aromatic N) is 1. The molecule has 4 nitrogen and oxygen atoms in total. The topological polar surface area (TPSA) is 81.3 Å². The van der Waals surface area contributed by atoms with Crippen LogP contribution < -0.4 is 22.1 Å². The highest BCUT2D eigenvalue weighted by Crippen LogP contribution is 2.35. The zero-order valence-corrected chi connectivity index (χ0v) is 12.2. The van der Waals surface area contributed by atoms with Gasteiger partial charge in [0, 0.05) is 11.9 Å². The molecule has 0 aliphatic rings. The number of aryl methyl sites for hydroxylation is 1. The number of para-hydroxylation sites is 1. The Balaban J connectivity index is 2.58. The zero-order chi connectivity index (χ0) is 14.0. The fourth-order valence-corrected chi connectivity index (χ4v) is 2.93. The van der Waals surface area contributed by atoms with E-state index < -0.39 is 0 Å². The molecule has 0 saturated carbocycles. The van der Waals surface area contributed by atoms with Crippen molar-refractivity contribution in [3.05, 3.63) is 40.1 Å². The summed E-state index contributed by atoms with van der Waals surface area (Å²) in [4.78, 5) is 1.79. The first-order valence-electron chi connectivity index (χ1n) is 5.76. The second-order valence-corrected chi connectivity index (χ2v) is 5.33. The first kappa shape index (κ1) is 13.8. The van der Waals surface area contributed by atoms with Crippen molar-refractivity contribution in [2.75, 3.05) is 10.6 Å². The van der Waals surface area contributed by atoms with Crippen LogP contribution in [0.1, 0.15) is 11.1 Å². The van der Waals surface area contributed by atoms with Gasteiger partial charge in [-0.05, 0) is 41.7 Å². The Morgan fingerprint density at radius 1 is 1.32 bits per heavy atom. The number of thiocarbonyl (C=S) groups is 1. The van der Waals surface area contributed by atoms with Crippen molar-refractivity contribution in [2.45, 2.75) is 13.5 Å². The zero-order valence-electron chi connectivity index (χ0n) is 10.6. The maximum Gasteiger partial charge on any atom is 0.175 e. The Bertz CT molecular complexity index is 606. The van der Waals surface area contributed by atoms with Gasteiger partial charge in [0.15, 0.2) is 5.11 Å². The lowest BCUT2D eigenvalue weighted by molar-refractivity contribution is 1.07. The average Bonchev–Trinajstić information content (AvgIpc) is 2.78. The highest BCUT2D eigenvalue weighted by atomic mass is 32.1. The van der Waals surface area contributed by atoms with E-state index in [2.05, 4.69) is 0 Å². The molecule has 2 aromatic rings. The number of hydrogen-bond acceptors (Lipinski definition) is 4. The summed E-state index contributed by atoms with van der Waals surface area (Å²) in [5.41, 5.74) is 22.0. The molecule has 0 fully saturated rings. The van der Waals surface area contributed by atoms with Crippen molar-refractivity contribution in [3.63, 3.8) is 0 Å². The van der Waals surface area contributed by atoms with Gasteiger partial charge in [-0.2, -0.15) is 0 Å². The number of benzene rings is 1. The van der Waals surface area contributed by atoms with Gasteiger partial charge in [-0.1, -0.05) is 12.1 Å². The summed E-state index contributed by atoms with van der Waals surface area (Å²) in [7, 11) is 0. The smallest absolute Gasteiger partial charge is 0.175 e. The molecule has 6 heteroatoms. The van der Waals surface area contributed by atoms with Crippen molar-refractivity contribution in [3.8, 4) is 0 Å². The Labute approximate surface area is 121 Å². The largest absolute Gasteiger partial charge is 0.397 e. The van der Waals surface area contributed by atoms with Gasteiger partial charge >= 0.3 is 0 Å². The van der Waals surface area contributed by atoms with Crippen LogP contribution >= 0.6 is 23.6 Å². The summed E-state index contributed by atoms with van der Waals surface area (Å²) in [6.45, 7) is 2.40. The van der Waals surface area contributed by atoms with Gasteiger partial charge in [0.1, 0.15) is 0 Å². The summed E-state index contributed by atoms with van der Waals surface area (Å²) in [5.74, 6) is 0. The van der Waals surface area contributed by atoms with E-state index in [9.17, 15) is 0 Å². The molecule has 0 radical (unpaired) electrons. The van der Waals surface area contributed by atoms with Gasteiger partial charge < -0.3 is 17.2 Å². The molecule has 0 atom stereocenters. The highest BCUT2D eigenvalue weighted by molar-refractivity contribution is 7.80. The molecule has 0 amide bonds. The third-order valence-electron chi connectivity index (χ3n) is 2.92. The van der Waals surface area contributed by atoms with E-state index >= 15 is 0 Å². The molecule has 19 heavy (non-hydrogen) atoms. The molecule has 0 aliphatic carbocycles. The predicted octanol–water partition coefficient (Wildman–Crippen LogP) is 2.48. The quantitative estimate of drug-likeness (QED) is 0.598. The SMILES string of the molecule is Cc1cscc1N(C(N)=S)c1cccc(CN)c1N. The number of anilines is 3. The Hall–Kier alpha value is -1.63. The number of nitrogens with two attached hydrogens (primary N) is 3. The van der Waals surface area contributed by atoms with Crippen LogP contribution in [0.2, 0.25) is 0 Å². The monoisotopic (exact) mass is 292 g/mol. The second kappa shape index (κ2) is 5.56. The van der Waals surface area contributed by atoms with Crippen molar-refractivity contribution >= 4 is 45.7 Å². The van der Waals surface area contributed by atoms with Crippen LogP contribution in [0, 0.1) is 6.92 Å². The summed E-state index contributed by atoms with van der Waals surface area (Å²) in [6.07, 6.45) is 0. The maximum atomic E-state index is 6.16. The first-order valence-corrected chi connectivity index (χ1v) is 7.11. The van der Waals surface area contributed by atoms with E-state index in [1.54, 1.807) is 16.2 Å². The van der Waals surface area contributed by atoms with Gasteiger partial charge in [-0.15, -0.1) is 11.3 Å². The summed E-state index contributed by atoms with van der Waals surface area (Å²) < 4.78 is 0. The fourth-order valence-electron chi connectivity index (χ4n) is 1.92. The number of hydrogen-bond donors (Lipinski definition) is 3. The normalized spacial score (nSPS) is 10.4. The average molecular weight is 292 g/mol. The Kier molecular flexibility index (Phi) is 4.04. The lowest BCUT2D eigenvalue weighted by Gasteiger charge is -2.25. The van der Waals surface area contributed by atoms with E-state index in [1.165, 1.54) is 0 Å². The van der Waals surface area contributed by atoms with E-state index in [4.69, 9.17) is 29.4 Å². The van der Waals surface area contributed by atoms with Crippen LogP contribution in [0.3, 0.4) is 0 Å². The minimum absolute atomic E-state index is 0.266. The molecule has 6 N–H and O–H groups in total. The van der Waals surface area contributed by atoms with E-state index in [-0.39, 0.29) is 5.11 Å². The van der Waals surface area contributed by atoms with Crippen molar-refractivity contribution < 1.29 is 0 Å².